The molecule has 0 aliphatic rings. The summed E-state index contributed by atoms with van der Waals surface area (Å²) in [5.41, 5.74) is 4.98. The molecule has 0 bridgehead atoms. The molecule has 92 valence electrons. The molecule has 1 nitrogen and oxygen atoms in total. The van der Waals surface area contributed by atoms with Gasteiger partial charge in [-0.3, -0.25) is 0 Å². The van der Waals surface area contributed by atoms with E-state index in [-0.39, 0.29) is 9.35 Å². The SMILES string of the molecule is Cc1cc(Br)c(C(N)C(F)(F)C(F)(F)F)s1. The van der Waals surface area contributed by atoms with E-state index in [1.54, 1.807) is 6.92 Å². The van der Waals surface area contributed by atoms with E-state index in [2.05, 4.69) is 15.9 Å². The molecular weight excluding hydrogens is 317 g/mol. The number of rotatable bonds is 2. The Balaban J connectivity index is 3.11. The summed E-state index contributed by atoms with van der Waals surface area (Å²) in [4.78, 5) is 0.398. The van der Waals surface area contributed by atoms with Crippen LogP contribution in [0, 0.1) is 6.92 Å². The third-order valence-corrected chi connectivity index (χ3v) is 3.94. The molecule has 1 aromatic rings. The predicted molar refractivity (Wildman–Crippen MR) is 54.7 cm³/mol. The maximum atomic E-state index is 12.9. The van der Waals surface area contributed by atoms with Gasteiger partial charge >= 0.3 is 12.1 Å². The molecule has 0 aliphatic heterocycles. The number of hydrogen-bond donors (Lipinski definition) is 1. The Morgan fingerprint density at radius 2 is 1.81 bits per heavy atom. The summed E-state index contributed by atoms with van der Waals surface area (Å²) < 4.78 is 62.2. The van der Waals surface area contributed by atoms with Gasteiger partial charge in [0.1, 0.15) is 6.04 Å². The highest BCUT2D eigenvalue weighted by molar-refractivity contribution is 9.10. The van der Waals surface area contributed by atoms with E-state index in [1.807, 2.05) is 0 Å². The lowest BCUT2D eigenvalue weighted by Crippen LogP contribution is -2.45. The summed E-state index contributed by atoms with van der Waals surface area (Å²) in [6.45, 7) is 1.59. The van der Waals surface area contributed by atoms with Gasteiger partial charge in [-0.25, -0.2) is 0 Å². The van der Waals surface area contributed by atoms with E-state index < -0.39 is 18.1 Å². The second-order valence-corrected chi connectivity index (χ2v) is 5.31. The highest BCUT2D eigenvalue weighted by Gasteiger charge is 2.62. The Morgan fingerprint density at radius 3 is 2.12 bits per heavy atom. The first-order chi connectivity index (χ1) is 7.07. The molecule has 0 aliphatic carbocycles. The van der Waals surface area contributed by atoms with Crippen molar-refractivity contribution in [3.8, 4) is 0 Å². The van der Waals surface area contributed by atoms with Crippen LogP contribution in [0.3, 0.4) is 0 Å². The maximum Gasteiger partial charge on any atom is 0.455 e. The summed E-state index contributed by atoms with van der Waals surface area (Å²) in [5.74, 6) is -4.94. The molecule has 1 aromatic heterocycles. The highest BCUT2D eigenvalue weighted by atomic mass is 79.9. The van der Waals surface area contributed by atoms with Gasteiger partial charge in [-0.15, -0.1) is 11.3 Å². The van der Waals surface area contributed by atoms with Gasteiger partial charge < -0.3 is 5.73 Å². The summed E-state index contributed by atoms with van der Waals surface area (Å²) in [5, 5.41) is 0. The molecule has 0 aromatic carbocycles. The molecule has 0 saturated carbocycles. The van der Waals surface area contributed by atoms with E-state index in [4.69, 9.17) is 5.73 Å². The summed E-state index contributed by atoms with van der Waals surface area (Å²) in [6, 6.07) is -0.938. The summed E-state index contributed by atoms with van der Waals surface area (Å²) in [7, 11) is 0. The van der Waals surface area contributed by atoms with Gasteiger partial charge in [0.05, 0.1) is 0 Å². The quantitative estimate of drug-likeness (QED) is 0.817. The fourth-order valence-corrected chi connectivity index (χ4v) is 2.99. The van der Waals surface area contributed by atoms with Crippen LogP contribution in [0.15, 0.2) is 10.5 Å². The van der Waals surface area contributed by atoms with Crippen LogP contribution in [0.25, 0.3) is 0 Å². The molecule has 16 heavy (non-hydrogen) atoms. The van der Waals surface area contributed by atoms with Crippen LogP contribution in [0.5, 0.6) is 0 Å². The van der Waals surface area contributed by atoms with Crippen molar-refractivity contribution >= 4 is 27.3 Å². The van der Waals surface area contributed by atoms with Gasteiger partial charge in [-0.05, 0) is 28.9 Å². The monoisotopic (exact) mass is 323 g/mol. The van der Waals surface area contributed by atoms with Crippen LogP contribution in [-0.4, -0.2) is 12.1 Å². The standard InChI is InChI=1S/C8H7BrF5NS/c1-3-2-4(9)5(16-3)6(15)7(10,11)8(12,13)14/h2,6H,15H2,1H3. The summed E-state index contributed by atoms with van der Waals surface area (Å²) >= 11 is 3.72. The number of aryl methyl sites for hydroxylation is 1. The molecule has 1 atom stereocenters. The molecule has 2 N–H and O–H groups in total. The first-order valence-corrected chi connectivity index (χ1v) is 5.64. The lowest BCUT2D eigenvalue weighted by Gasteiger charge is -2.25. The Morgan fingerprint density at radius 1 is 1.31 bits per heavy atom. The van der Waals surface area contributed by atoms with Crippen molar-refractivity contribution in [2.75, 3.05) is 0 Å². The minimum absolute atomic E-state index is 0.173. The van der Waals surface area contributed by atoms with Gasteiger partial charge in [0, 0.05) is 14.2 Å². The Labute approximate surface area is 101 Å². The van der Waals surface area contributed by atoms with Crippen LogP contribution in [0.1, 0.15) is 15.8 Å². The first kappa shape index (κ1) is 13.9. The average molecular weight is 324 g/mol. The lowest BCUT2D eigenvalue weighted by atomic mass is 10.1. The topological polar surface area (TPSA) is 26.0 Å². The van der Waals surface area contributed by atoms with E-state index in [1.165, 1.54) is 6.07 Å². The number of halogens is 6. The molecular formula is C8H7BrF5NS. The third kappa shape index (κ3) is 2.38. The number of nitrogens with two attached hydrogens (primary N) is 1. The van der Waals surface area contributed by atoms with E-state index in [0.717, 1.165) is 11.3 Å². The van der Waals surface area contributed by atoms with Crippen molar-refractivity contribution in [1.82, 2.24) is 0 Å². The number of alkyl halides is 5. The molecule has 1 rings (SSSR count). The van der Waals surface area contributed by atoms with Gasteiger partial charge in [0.15, 0.2) is 0 Å². The predicted octanol–water partition coefficient (Wildman–Crippen LogP) is 4.02. The van der Waals surface area contributed by atoms with E-state index in [9.17, 15) is 22.0 Å². The first-order valence-electron chi connectivity index (χ1n) is 4.03. The van der Waals surface area contributed by atoms with E-state index >= 15 is 0 Å². The van der Waals surface area contributed by atoms with Crippen molar-refractivity contribution in [3.05, 3.63) is 20.3 Å². The Kier molecular flexibility index (Phi) is 3.66. The molecule has 0 fully saturated rings. The van der Waals surface area contributed by atoms with Crippen LogP contribution in [0.2, 0.25) is 0 Å². The second-order valence-electron chi connectivity index (χ2n) is 3.17. The average Bonchev–Trinajstić information content (AvgIpc) is 2.41. The fraction of sp³-hybridized carbons (Fsp3) is 0.500. The molecule has 8 heteroatoms. The molecule has 1 unspecified atom stereocenters. The van der Waals surface area contributed by atoms with Crippen molar-refractivity contribution in [2.45, 2.75) is 25.1 Å². The number of hydrogen-bond acceptors (Lipinski definition) is 2. The largest absolute Gasteiger partial charge is 0.455 e. The van der Waals surface area contributed by atoms with Gasteiger partial charge in [-0.2, -0.15) is 22.0 Å². The maximum absolute atomic E-state index is 12.9. The zero-order valence-electron chi connectivity index (χ0n) is 7.91. The Bertz CT molecular complexity index is 386. The van der Waals surface area contributed by atoms with Crippen molar-refractivity contribution in [2.24, 2.45) is 5.73 Å². The van der Waals surface area contributed by atoms with E-state index in [0.29, 0.717) is 4.88 Å². The van der Waals surface area contributed by atoms with Crippen molar-refractivity contribution in [1.29, 1.82) is 0 Å². The molecule has 0 radical (unpaired) electrons. The van der Waals surface area contributed by atoms with Crippen molar-refractivity contribution in [3.63, 3.8) is 0 Å². The number of thiophene rings is 1. The lowest BCUT2D eigenvalue weighted by molar-refractivity contribution is -0.290. The molecule has 1 heterocycles. The second kappa shape index (κ2) is 4.23. The van der Waals surface area contributed by atoms with Crippen LogP contribution < -0.4 is 5.73 Å². The Hall–Kier alpha value is -0.210. The zero-order valence-corrected chi connectivity index (χ0v) is 10.3. The van der Waals surface area contributed by atoms with Crippen molar-refractivity contribution < 1.29 is 22.0 Å². The minimum Gasteiger partial charge on any atom is -0.318 e. The zero-order chi connectivity index (χ0) is 12.7. The fourth-order valence-electron chi connectivity index (χ4n) is 1.05. The normalized spacial score (nSPS) is 15.2. The molecule has 0 spiro atoms. The summed E-state index contributed by atoms with van der Waals surface area (Å²) in [6.07, 6.45) is -5.65. The van der Waals surface area contributed by atoms with Gasteiger partial charge in [-0.1, -0.05) is 0 Å². The van der Waals surface area contributed by atoms with Crippen LogP contribution in [-0.2, 0) is 0 Å². The molecule has 0 saturated heterocycles. The third-order valence-electron chi connectivity index (χ3n) is 1.89. The smallest absolute Gasteiger partial charge is 0.318 e. The highest BCUT2D eigenvalue weighted by Crippen LogP contribution is 2.46. The van der Waals surface area contributed by atoms with Gasteiger partial charge in [0.2, 0.25) is 0 Å². The minimum atomic E-state index is -5.65. The van der Waals surface area contributed by atoms with Crippen LogP contribution >= 0.6 is 27.3 Å². The molecule has 0 amide bonds. The van der Waals surface area contributed by atoms with Gasteiger partial charge in [0.25, 0.3) is 0 Å². The van der Waals surface area contributed by atoms with Crippen LogP contribution in [0.4, 0.5) is 22.0 Å².